The summed E-state index contributed by atoms with van der Waals surface area (Å²) in [7, 11) is 0. The number of benzene rings is 2. The molecule has 3 rings (SSSR count). The zero-order valence-electron chi connectivity index (χ0n) is 14.3. The van der Waals surface area contributed by atoms with Crippen molar-refractivity contribution in [3.05, 3.63) is 66.4 Å². The normalized spacial score (nSPS) is 12.0. The average molecular weight is 351 g/mol. The first-order valence-electron chi connectivity index (χ1n) is 8.57. The van der Waals surface area contributed by atoms with Crippen LogP contribution < -0.4 is 5.32 Å². The fraction of sp³-hybridized carbons (Fsp3) is 0.250. The number of nitrogens with zero attached hydrogens (tertiary/aromatic N) is 2. The minimum Gasteiger partial charge on any atom is -0.481 e. The monoisotopic (exact) mass is 351 g/mol. The molecule has 2 aromatic carbocycles. The van der Waals surface area contributed by atoms with Crippen molar-refractivity contribution in [3.63, 3.8) is 0 Å². The molecule has 26 heavy (non-hydrogen) atoms. The van der Waals surface area contributed by atoms with E-state index in [1.54, 1.807) is 10.9 Å². The molecule has 0 aliphatic rings. The van der Waals surface area contributed by atoms with Crippen LogP contribution in [-0.2, 0) is 22.6 Å². The Hall–Kier alpha value is -3.15. The molecule has 0 aliphatic heterocycles. The van der Waals surface area contributed by atoms with Crippen molar-refractivity contribution in [2.45, 2.75) is 31.8 Å². The number of carbonyl (C=O) groups is 2. The Balaban J connectivity index is 1.66. The first-order chi connectivity index (χ1) is 12.6. The van der Waals surface area contributed by atoms with Gasteiger partial charge in [0.05, 0.1) is 11.7 Å². The van der Waals surface area contributed by atoms with E-state index in [0.717, 1.165) is 16.5 Å². The van der Waals surface area contributed by atoms with Gasteiger partial charge < -0.3 is 10.4 Å². The fourth-order valence-electron chi connectivity index (χ4n) is 2.98. The summed E-state index contributed by atoms with van der Waals surface area (Å²) in [5.74, 6) is -1.04. The number of carboxylic acids is 1. The first kappa shape index (κ1) is 17.7. The maximum atomic E-state index is 12.5. The number of carbonyl (C=O) groups excluding carboxylic acids is 1. The van der Waals surface area contributed by atoms with Crippen molar-refractivity contribution < 1.29 is 14.7 Å². The SMILES string of the molecule is O=C(O)CCC(Cc1ccccc1)NC(=O)Cn1ncc2ccccc21. The van der Waals surface area contributed by atoms with Gasteiger partial charge in [0, 0.05) is 17.8 Å². The minimum absolute atomic E-state index is 0.0163. The largest absolute Gasteiger partial charge is 0.481 e. The van der Waals surface area contributed by atoms with Gasteiger partial charge in [0.25, 0.3) is 0 Å². The van der Waals surface area contributed by atoms with Gasteiger partial charge in [-0.1, -0.05) is 48.5 Å². The van der Waals surface area contributed by atoms with E-state index < -0.39 is 5.97 Å². The predicted molar refractivity (Wildman–Crippen MR) is 98.7 cm³/mol. The lowest BCUT2D eigenvalue weighted by Gasteiger charge is -2.18. The third kappa shape index (κ3) is 4.69. The highest BCUT2D eigenvalue weighted by Gasteiger charge is 2.16. The fourth-order valence-corrected chi connectivity index (χ4v) is 2.98. The van der Waals surface area contributed by atoms with Crippen LogP contribution in [0.3, 0.4) is 0 Å². The van der Waals surface area contributed by atoms with Crippen molar-refractivity contribution in [2.75, 3.05) is 0 Å². The lowest BCUT2D eigenvalue weighted by Crippen LogP contribution is -2.39. The molecule has 0 saturated carbocycles. The minimum atomic E-state index is -0.865. The molecule has 0 spiro atoms. The van der Waals surface area contributed by atoms with Gasteiger partial charge in [-0.15, -0.1) is 0 Å². The molecule has 1 atom stereocenters. The summed E-state index contributed by atoms with van der Waals surface area (Å²) in [6.45, 7) is 0.103. The predicted octanol–water partition coefficient (Wildman–Crippen LogP) is 2.63. The topological polar surface area (TPSA) is 84.2 Å². The van der Waals surface area contributed by atoms with Crippen LogP contribution in [0.2, 0.25) is 0 Å². The van der Waals surface area contributed by atoms with E-state index in [9.17, 15) is 9.59 Å². The Morgan fingerprint density at radius 3 is 2.58 bits per heavy atom. The smallest absolute Gasteiger partial charge is 0.303 e. The van der Waals surface area contributed by atoms with E-state index in [4.69, 9.17) is 5.11 Å². The standard InChI is InChI=1S/C20H21N3O3/c24-19(14-23-18-9-5-4-8-16(18)13-21-23)22-17(10-11-20(25)26)12-15-6-2-1-3-7-15/h1-9,13,17H,10-12,14H2,(H,22,24)(H,25,26). The lowest BCUT2D eigenvalue weighted by atomic mass is 10.0. The summed E-state index contributed by atoms with van der Waals surface area (Å²) >= 11 is 0. The molecule has 2 N–H and O–H groups in total. The van der Waals surface area contributed by atoms with Crippen LogP contribution in [0.4, 0.5) is 0 Å². The zero-order chi connectivity index (χ0) is 18.4. The molecule has 0 saturated heterocycles. The maximum absolute atomic E-state index is 12.5. The van der Waals surface area contributed by atoms with Gasteiger partial charge in [-0.3, -0.25) is 14.3 Å². The molecule has 3 aromatic rings. The second-order valence-electron chi connectivity index (χ2n) is 6.25. The van der Waals surface area contributed by atoms with E-state index >= 15 is 0 Å². The molecule has 0 aliphatic carbocycles. The van der Waals surface area contributed by atoms with Crippen molar-refractivity contribution in [1.29, 1.82) is 0 Å². The Labute approximate surface area is 151 Å². The summed E-state index contributed by atoms with van der Waals surface area (Å²) in [5, 5.41) is 17.2. The summed E-state index contributed by atoms with van der Waals surface area (Å²) in [4.78, 5) is 23.4. The highest BCUT2D eigenvalue weighted by atomic mass is 16.4. The molecule has 1 unspecified atom stereocenters. The third-order valence-corrected chi connectivity index (χ3v) is 4.24. The van der Waals surface area contributed by atoms with Crippen LogP contribution in [0.5, 0.6) is 0 Å². The molecular weight excluding hydrogens is 330 g/mol. The van der Waals surface area contributed by atoms with Gasteiger partial charge in [-0.25, -0.2) is 0 Å². The summed E-state index contributed by atoms with van der Waals surface area (Å²) in [5.41, 5.74) is 1.96. The van der Waals surface area contributed by atoms with E-state index in [1.807, 2.05) is 54.6 Å². The van der Waals surface area contributed by atoms with E-state index in [0.29, 0.717) is 12.8 Å². The summed E-state index contributed by atoms with van der Waals surface area (Å²) in [6, 6.07) is 17.2. The second-order valence-corrected chi connectivity index (χ2v) is 6.25. The Bertz CT molecular complexity index is 889. The number of hydrogen-bond acceptors (Lipinski definition) is 3. The van der Waals surface area contributed by atoms with Crippen LogP contribution in [0.15, 0.2) is 60.8 Å². The molecule has 0 bridgehead atoms. The van der Waals surface area contributed by atoms with Crippen molar-refractivity contribution in [2.24, 2.45) is 0 Å². The number of amides is 1. The Morgan fingerprint density at radius 2 is 1.81 bits per heavy atom. The van der Waals surface area contributed by atoms with Crippen LogP contribution in [-0.4, -0.2) is 32.8 Å². The number of para-hydroxylation sites is 1. The Morgan fingerprint density at radius 1 is 1.08 bits per heavy atom. The number of hydrogen-bond donors (Lipinski definition) is 2. The van der Waals surface area contributed by atoms with Gasteiger partial charge >= 0.3 is 5.97 Å². The number of carboxylic acid groups (broad SMARTS) is 1. The second kappa shape index (κ2) is 8.29. The summed E-state index contributed by atoms with van der Waals surface area (Å²) in [6.07, 6.45) is 2.73. The van der Waals surface area contributed by atoms with Crippen molar-refractivity contribution in [1.82, 2.24) is 15.1 Å². The molecule has 0 radical (unpaired) electrons. The van der Waals surface area contributed by atoms with Crippen molar-refractivity contribution in [3.8, 4) is 0 Å². The quantitative estimate of drug-likeness (QED) is 0.653. The first-order valence-corrected chi connectivity index (χ1v) is 8.57. The average Bonchev–Trinajstić information content (AvgIpc) is 3.03. The molecule has 0 fully saturated rings. The summed E-state index contributed by atoms with van der Waals surface area (Å²) < 4.78 is 1.65. The van der Waals surface area contributed by atoms with Crippen LogP contribution >= 0.6 is 0 Å². The number of aromatic nitrogens is 2. The molecule has 6 nitrogen and oxygen atoms in total. The third-order valence-electron chi connectivity index (χ3n) is 4.24. The number of nitrogens with one attached hydrogen (secondary N) is 1. The van der Waals surface area contributed by atoms with Gasteiger partial charge in [-0.05, 0) is 24.5 Å². The van der Waals surface area contributed by atoms with Crippen LogP contribution in [0.25, 0.3) is 10.9 Å². The maximum Gasteiger partial charge on any atom is 0.303 e. The van der Waals surface area contributed by atoms with Crippen LogP contribution in [0, 0.1) is 0 Å². The molecule has 1 heterocycles. The van der Waals surface area contributed by atoms with Gasteiger partial charge in [-0.2, -0.15) is 5.10 Å². The van der Waals surface area contributed by atoms with E-state index in [-0.39, 0.29) is 24.9 Å². The molecule has 1 amide bonds. The molecular formula is C20H21N3O3. The molecule has 134 valence electrons. The van der Waals surface area contributed by atoms with Gasteiger partial charge in [0.15, 0.2) is 0 Å². The van der Waals surface area contributed by atoms with Gasteiger partial charge in [0.1, 0.15) is 6.54 Å². The highest BCUT2D eigenvalue weighted by molar-refractivity contribution is 5.82. The number of fused-ring (bicyclic) bond motifs is 1. The highest BCUT2D eigenvalue weighted by Crippen LogP contribution is 2.13. The van der Waals surface area contributed by atoms with E-state index in [2.05, 4.69) is 10.4 Å². The van der Waals surface area contributed by atoms with Crippen molar-refractivity contribution >= 4 is 22.8 Å². The Kier molecular flexibility index (Phi) is 5.63. The molecule has 6 heteroatoms. The van der Waals surface area contributed by atoms with Gasteiger partial charge in [0.2, 0.25) is 5.91 Å². The number of rotatable bonds is 8. The number of aliphatic carboxylic acids is 1. The van der Waals surface area contributed by atoms with E-state index in [1.165, 1.54) is 0 Å². The van der Waals surface area contributed by atoms with Crippen LogP contribution in [0.1, 0.15) is 18.4 Å². The lowest BCUT2D eigenvalue weighted by molar-refractivity contribution is -0.137. The molecule has 1 aromatic heterocycles. The zero-order valence-corrected chi connectivity index (χ0v) is 14.3.